The standard InChI is InChI=1S/C58H44N2O/c1-3-16-39(17-4-1)46-27-14-18-40-19-15-28-50(58(40)46)47-24-7-10-29-53(47)59(45-33-35-57-52(38-45)49-26-9-12-31-56(49)61-57)44-23-13-20-41(36-44)42-32-34-55-51(37-42)48-25-8-11-30-54(48)60(55)43-21-5-2-6-22-43/h2,5-15,18-39H,1,3-4,16-17H2. The van der Waals surface area contributed by atoms with Gasteiger partial charge in [0.1, 0.15) is 11.2 Å². The third-order valence-electron chi connectivity index (χ3n) is 13.2. The lowest BCUT2D eigenvalue weighted by molar-refractivity contribution is 0.445. The summed E-state index contributed by atoms with van der Waals surface area (Å²) in [4.78, 5) is 2.46. The summed E-state index contributed by atoms with van der Waals surface area (Å²) >= 11 is 0. The zero-order valence-electron chi connectivity index (χ0n) is 34.0. The SMILES string of the molecule is c1ccc(-n2c3ccccc3c3cc(-c4cccc(N(c5ccc6oc7ccccc7c6c5)c5ccccc5-c5cccc6cccc(C7CCCCC7)c56)c4)ccc32)cc1. The number of furan rings is 1. The highest BCUT2D eigenvalue weighted by molar-refractivity contribution is 6.11. The predicted molar refractivity (Wildman–Crippen MR) is 257 cm³/mol. The van der Waals surface area contributed by atoms with Crippen LogP contribution in [0.15, 0.2) is 205 Å². The van der Waals surface area contributed by atoms with Gasteiger partial charge in [-0.1, -0.05) is 147 Å². The highest BCUT2D eigenvalue weighted by Crippen LogP contribution is 2.47. The zero-order chi connectivity index (χ0) is 40.3. The van der Waals surface area contributed by atoms with Crippen molar-refractivity contribution in [3.05, 3.63) is 206 Å². The fourth-order valence-electron chi connectivity index (χ4n) is 10.4. The largest absolute Gasteiger partial charge is 0.456 e. The average Bonchev–Trinajstić information content (AvgIpc) is 3.87. The van der Waals surface area contributed by atoms with E-state index in [0.29, 0.717) is 5.92 Å². The summed E-state index contributed by atoms with van der Waals surface area (Å²) in [7, 11) is 0. The molecule has 1 saturated carbocycles. The molecule has 292 valence electrons. The van der Waals surface area contributed by atoms with Crippen LogP contribution in [-0.4, -0.2) is 4.57 Å². The Kier molecular flexibility index (Phi) is 8.59. The molecule has 1 fully saturated rings. The Morgan fingerprint density at radius 3 is 2.03 bits per heavy atom. The first-order valence-corrected chi connectivity index (χ1v) is 21.8. The summed E-state index contributed by atoms with van der Waals surface area (Å²) in [5.41, 5.74) is 15.0. The normalized spacial score (nSPS) is 13.5. The molecular formula is C58H44N2O. The van der Waals surface area contributed by atoms with E-state index in [1.165, 1.54) is 86.9 Å². The molecule has 0 radical (unpaired) electrons. The minimum absolute atomic E-state index is 0.578. The van der Waals surface area contributed by atoms with Crippen LogP contribution in [0.3, 0.4) is 0 Å². The molecule has 3 heteroatoms. The Bertz CT molecular complexity index is 3420. The van der Waals surface area contributed by atoms with Crippen molar-refractivity contribution in [3.8, 4) is 27.9 Å². The summed E-state index contributed by atoms with van der Waals surface area (Å²) < 4.78 is 8.74. The summed E-state index contributed by atoms with van der Waals surface area (Å²) in [6.07, 6.45) is 6.46. The molecule has 0 saturated heterocycles. The molecule has 0 amide bonds. The maximum atomic E-state index is 6.36. The van der Waals surface area contributed by atoms with Crippen molar-refractivity contribution in [1.82, 2.24) is 4.57 Å². The van der Waals surface area contributed by atoms with Crippen molar-refractivity contribution >= 4 is 71.6 Å². The van der Waals surface area contributed by atoms with E-state index in [1.807, 2.05) is 6.07 Å². The van der Waals surface area contributed by atoms with Crippen LogP contribution in [-0.2, 0) is 0 Å². The lowest BCUT2D eigenvalue weighted by Crippen LogP contribution is -2.11. The van der Waals surface area contributed by atoms with Crippen LogP contribution in [0.2, 0.25) is 0 Å². The third-order valence-corrected chi connectivity index (χ3v) is 13.2. The highest BCUT2D eigenvalue weighted by atomic mass is 16.3. The van der Waals surface area contributed by atoms with Gasteiger partial charge >= 0.3 is 0 Å². The molecule has 3 nitrogen and oxygen atoms in total. The van der Waals surface area contributed by atoms with Gasteiger partial charge in [-0.15, -0.1) is 0 Å². The van der Waals surface area contributed by atoms with Crippen LogP contribution in [0.4, 0.5) is 17.1 Å². The molecule has 0 spiro atoms. The molecule has 1 aliphatic rings. The number of hydrogen-bond donors (Lipinski definition) is 0. The fraction of sp³-hybridized carbons (Fsp3) is 0.103. The van der Waals surface area contributed by atoms with Crippen LogP contribution in [0.1, 0.15) is 43.6 Å². The molecule has 0 aliphatic heterocycles. The van der Waals surface area contributed by atoms with Crippen LogP contribution in [0.5, 0.6) is 0 Å². The van der Waals surface area contributed by atoms with E-state index in [4.69, 9.17) is 4.42 Å². The van der Waals surface area contributed by atoms with Gasteiger partial charge in [0.2, 0.25) is 0 Å². The second kappa shape index (κ2) is 14.7. The van der Waals surface area contributed by atoms with Crippen molar-refractivity contribution in [2.75, 3.05) is 4.90 Å². The van der Waals surface area contributed by atoms with Gasteiger partial charge in [-0.05, 0) is 125 Å². The third kappa shape index (κ3) is 6.03. The smallest absolute Gasteiger partial charge is 0.135 e. The van der Waals surface area contributed by atoms with Gasteiger partial charge in [0.05, 0.1) is 16.7 Å². The van der Waals surface area contributed by atoms with E-state index in [2.05, 4.69) is 204 Å². The molecular weight excluding hydrogens is 741 g/mol. The van der Waals surface area contributed by atoms with Crippen molar-refractivity contribution < 1.29 is 4.42 Å². The van der Waals surface area contributed by atoms with E-state index in [-0.39, 0.29) is 0 Å². The van der Waals surface area contributed by atoms with Gasteiger partial charge in [-0.3, -0.25) is 0 Å². The maximum Gasteiger partial charge on any atom is 0.135 e. The van der Waals surface area contributed by atoms with E-state index in [0.717, 1.165) is 50.3 Å². The first kappa shape index (κ1) is 35.6. The second-order valence-corrected chi connectivity index (χ2v) is 16.7. The van der Waals surface area contributed by atoms with Gasteiger partial charge < -0.3 is 13.9 Å². The first-order chi connectivity index (χ1) is 30.3. The molecule has 11 aromatic rings. The van der Waals surface area contributed by atoms with Gasteiger partial charge in [0.15, 0.2) is 0 Å². The molecule has 0 atom stereocenters. The minimum atomic E-state index is 0.578. The maximum absolute atomic E-state index is 6.36. The van der Waals surface area contributed by atoms with Gasteiger partial charge in [0.25, 0.3) is 0 Å². The van der Waals surface area contributed by atoms with Crippen molar-refractivity contribution in [1.29, 1.82) is 0 Å². The summed E-state index contributed by atoms with van der Waals surface area (Å²) in [5.74, 6) is 0.578. The van der Waals surface area contributed by atoms with Gasteiger partial charge in [0, 0.05) is 44.2 Å². The monoisotopic (exact) mass is 784 g/mol. The van der Waals surface area contributed by atoms with E-state index in [1.54, 1.807) is 0 Å². The average molecular weight is 785 g/mol. The Hall–Kier alpha value is -7.36. The number of benzene rings is 9. The zero-order valence-corrected chi connectivity index (χ0v) is 34.0. The van der Waals surface area contributed by atoms with E-state index < -0.39 is 0 Å². The molecule has 61 heavy (non-hydrogen) atoms. The number of aromatic nitrogens is 1. The molecule has 0 bridgehead atoms. The van der Waals surface area contributed by atoms with E-state index in [9.17, 15) is 0 Å². The first-order valence-electron chi connectivity index (χ1n) is 21.8. The number of rotatable bonds is 7. The number of hydrogen-bond acceptors (Lipinski definition) is 2. The highest BCUT2D eigenvalue weighted by Gasteiger charge is 2.24. The Morgan fingerprint density at radius 1 is 0.443 bits per heavy atom. The van der Waals surface area contributed by atoms with Crippen LogP contribution >= 0.6 is 0 Å². The number of anilines is 3. The Labute approximate surface area is 355 Å². The lowest BCUT2D eigenvalue weighted by atomic mass is 9.80. The molecule has 2 aromatic heterocycles. The molecule has 9 aromatic carbocycles. The van der Waals surface area contributed by atoms with Crippen molar-refractivity contribution in [3.63, 3.8) is 0 Å². The Morgan fingerprint density at radius 2 is 1.13 bits per heavy atom. The number of fused-ring (bicyclic) bond motifs is 7. The van der Waals surface area contributed by atoms with E-state index >= 15 is 0 Å². The Balaban J connectivity index is 1.06. The molecule has 0 N–H and O–H groups in total. The van der Waals surface area contributed by atoms with Crippen LogP contribution < -0.4 is 4.90 Å². The number of para-hydroxylation sites is 4. The fourth-order valence-corrected chi connectivity index (χ4v) is 10.4. The summed E-state index contributed by atoms with van der Waals surface area (Å²) in [6, 6.07) is 73.3. The van der Waals surface area contributed by atoms with Crippen molar-refractivity contribution in [2.24, 2.45) is 0 Å². The molecule has 12 rings (SSSR count). The number of nitrogens with zero attached hydrogens (tertiary/aromatic N) is 2. The topological polar surface area (TPSA) is 21.3 Å². The second-order valence-electron chi connectivity index (χ2n) is 16.7. The molecule has 2 heterocycles. The van der Waals surface area contributed by atoms with Crippen LogP contribution in [0, 0.1) is 0 Å². The molecule has 0 unspecified atom stereocenters. The summed E-state index contributed by atoms with van der Waals surface area (Å²) in [5, 5.41) is 7.41. The predicted octanol–water partition coefficient (Wildman–Crippen LogP) is 16.7. The minimum Gasteiger partial charge on any atom is -0.456 e. The van der Waals surface area contributed by atoms with Gasteiger partial charge in [-0.2, -0.15) is 0 Å². The molecule has 1 aliphatic carbocycles. The van der Waals surface area contributed by atoms with Crippen molar-refractivity contribution in [2.45, 2.75) is 38.0 Å². The lowest BCUT2D eigenvalue weighted by Gasteiger charge is -2.29. The van der Waals surface area contributed by atoms with Crippen LogP contribution in [0.25, 0.3) is 82.5 Å². The van der Waals surface area contributed by atoms with Gasteiger partial charge in [-0.25, -0.2) is 0 Å². The summed E-state index contributed by atoms with van der Waals surface area (Å²) in [6.45, 7) is 0. The quantitative estimate of drug-likeness (QED) is 0.161.